The number of ether oxygens (including phenoxy) is 1. The van der Waals surface area contributed by atoms with Gasteiger partial charge in [-0.2, -0.15) is 10.5 Å². The largest absolute Gasteiger partial charge is 0.497 e. The fraction of sp³-hybridized carbons (Fsp3) is 0.0556. The predicted molar refractivity (Wildman–Crippen MR) is 82.1 cm³/mol. The first-order valence-electron chi connectivity index (χ1n) is 6.48. The van der Waals surface area contributed by atoms with Gasteiger partial charge in [-0.1, -0.05) is 12.1 Å². The zero-order chi connectivity index (χ0) is 15.9. The van der Waals surface area contributed by atoms with Crippen molar-refractivity contribution in [2.75, 3.05) is 7.11 Å². The van der Waals surface area contributed by atoms with Gasteiger partial charge in [0.15, 0.2) is 0 Å². The number of nitriles is 2. The third-order valence-electron chi connectivity index (χ3n) is 3.07. The Morgan fingerprint density at radius 1 is 1.05 bits per heavy atom. The van der Waals surface area contributed by atoms with Crippen molar-refractivity contribution in [2.24, 2.45) is 0 Å². The van der Waals surface area contributed by atoms with Crippen molar-refractivity contribution < 1.29 is 9.53 Å². The Hall–Kier alpha value is -3.37. The van der Waals surface area contributed by atoms with Gasteiger partial charge in [0.25, 0.3) is 0 Å². The lowest BCUT2D eigenvalue weighted by Crippen LogP contribution is -2.01. The Morgan fingerprint density at radius 3 is 2.18 bits per heavy atom. The van der Waals surface area contributed by atoms with Crippen LogP contribution in [0.5, 0.6) is 5.75 Å². The van der Waals surface area contributed by atoms with Crippen molar-refractivity contribution in [2.45, 2.75) is 0 Å². The molecular formula is C18H12N2O2. The van der Waals surface area contributed by atoms with E-state index >= 15 is 0 Å². The van der Waals surface area contributed by atoms with Crippen LogP contribution < -0.4 is 4.74 Å². The number of benzene rings is 2. The topological polar surface area (TPSA) is 73.9 Å². The summed E-state index contributed by atoms with van der Waals surface area (Å²) in [7, 11) is 1.54. The smallest absolute Gasteiger partial charge is 0.203 e. The predicted octanol–water partition coefficient (Wildman–Crippen LogP) is 3.36. The molecule has 22 heavy (non-hydrogen) atoms. The summed E-state index contributed by atoms with van der Waals surface area (Å²) in [5.74, 6) is 0.292. The summed E-state index contributed by atoms with van der Waals surface area (Å²) in [6.07, 6.45) is 1.51. The quantitative estimate of drug-likeness (QED) is 0.491. The minimum Gasteiger partial charge on any atom is -0.497 e. The Labute approximate surface area is 128 Å². The highest BCUT2D eigenvalue weighted by molar-refractivity contribution is 6.14. The van der Waals surface area contributed by atoms with E-state index in [4.69, 9.17) is 10.00 Å². The third kappa shape index (κ3) is 3.39. The van der Waals surface area contributed by atoms with Crippen LogP contribution in [0.15, 0.2) is 54.1 Å². The summed E-state index contributed by atoms with van der Waals surface area (Å²) in [4.78, 5) is 12.3. The molecule has 4 heteroatoms. The molecule has 0 saturated carbocycles. The first-order chi connectivity index (χ1) is 10.7. The summed E-state index contributed by atoms with van der Waals surface area (Å²) >= 11 is 0. The molecule has 0 N–H and O–H groups in total. The lowest BCUT2D eigenvalue weighted by molar-refractivity contribution is 0.104. The van der Waals surface area contributed by atoms with Gasteiger partial charge in [0.05, 0.1) is 18.7 Å². The highest BCUT2D eigenvalue weighted by Crippen LogP contribution is 2.16. The standard InChI is InChI=1S/C18H12N2O2/c1-22-17-8-6-15(7-9-17)18(21)16(12-20)10-13-2-4-14(11-19)5-3-13/h2-10H,1H3. The molecule has 0 aliphatic carbocycles. The Kier molecular flexibility index (Phi) is 4.70. The number of hydrogen-bond acceptors (Lipinski definition) is 4. The van der Waals surface area contributed by atoms with Gasteiger partial charge in [0.2, 0.25) is 5.78 Å². The summed E-state index contributed by atoms with van der Waals surface area (Å²) in [6.45, 7) is 0. The minimum atomic E-state index is -0.352. The number of nitrogens with zero attached hydrogens (tertiary/aromatic N) is 2. The van der Waals surface area contributed by atoms with Crippen LogP contribution in [0.4, 0.5) is 0 Å². The number of allylic oxidation sites excluding steroid dienone is 1. The van der Waals surface area contributed by atoms with E-state index in [1.54, 1.807) is 55.6 Å². The summed E-state index contributed by atoms with van der Waals surface area (Å²) in [6, 6.07) is 17.2. The summed E-state index contributed by atoms with van der Waals surface area (Å²) in [5, 5.41) is 18.0. The van der Waals surface area contributed by atoms with Gasteiger partial charge in [-0.3, -0.25) is 4.79 Å². The van der Waals surface area contributed by atoms with Gasteiger partial charge >= 0.3 is 0 Å². The average Bonchev–Trinajstić information content (AvgIpc) is 2.59. The van der Waals surface area contributed by atoms with Gasteiger partial charge < -0.3 is 4.74 Å². The monoisotopic (exact) mass is 288 g/mol. The van der Waals surface area contributed by atoms with E-state index in [-0.39, 0.29) is 11.4 Å². The molecule has 0 heterocycles. The second-order valence-electron chi connectivity index (χ2n) is 4.46. The second kappa shape index (κ2) is 6.88. The fourth-order valence-electron chi connectivity index (χ4n) is 1.87. The van der Waals surface area contributed by atoms with Crippen LogP contribution >= 0.6 is 0 Å². The SMILES string of the molecule is COc1ccc(C(=O)C(C#N)=Cc2ccc(C#N)cc2)cc1. The van der Waals surface area contributed by atoms with Crippen LogP contribution in [-0.2, 0) is 0 Å². The first kappa shape index (κ1) is 15.0. The van der Waals surface area contributed by atoms with Crippen LogP contribution in [-0.4, -0.2) is 12.9 Å². The minimum absolute atomic E-state index is 0.0369. The zero-order valence-electron chi connectivity index (χ0n) is 11.9. The van der Waals surface area contributed by atoms with E-state index in [9.17, 15) is 10.1 Å². The van der Waals surface area contributed by atoms with E-state index in [0.29, 0.717) is 22.4 Å². The molecule has 0 bridgehead atoms. The molecule has 4 nitrogen and oxygen atoms in total. The fourth-order valence-corrected chi connectivity index (χ4v) is 1.87. The number of carbonyl (C=O) groups excluding carboxylic acids is 1. The molecule has 0 unspecified atom stereocenters. The normalized spacial score (nSPS) is 10.4. The number of carbonyl (C=O) groups is 1. The lowest BCUT2D eigenvalue weighted by Gasteiger charge is -2.02. The van der Waals surface area contributed by atoms with Crippen LogP contribution in [0, 0.1) is 22.7 Å². The van der Waals surface area contributed by atoms with Crippen LogP contribution in [0.3, 0.4) is 0 Å². The molecule has 0 spiro atoms. The molecular weight excluding hydrogens is 276 g/mol. The van der Waals surface area contributed by atoms with E-state index in [1.807, 2.05) is 12.1 Å². The highest BCUT2D eigenvalue weighted by Gasteiger charge is 2.12. The molecule has 0 atom stereocenters. The molecule has 0 saturated heterocycles. The molecule has 0 aliphatic heterocycles. The summed E-state index contributed by atoms with van der Waals surface area (Å²) in [5.41, 5.74) is 1.67. The van der Waals surface area contributed by atoms with E-state index in [1.165, 1.54) is 6.08 Å². The highest BCUT2D eigenvalue weighted by atomic mass is 16.5. The van der Waals surface area contributed by atoms with Crippen LogP contribution in [0.1, 0.15) is 21.5 Å². The summed E-state index contributed by atoms with van der Waals surface area (Å²) < 4.78 is 5.04. The van der Waals surface area contributed by atoms with Crippen molar-refractivity contribution in [1.82, 2.24) is 0 Å². The van der Waals surface area contributed by atoms with Gasteiger partial charge in [0.1, 0.15) is 17.4 Å². The molecule has 0 amide bonds. The van der Waals surface area contributed by atoms with Crippen molar-refractivity contribution in [3.63, 3.8) is 0 Å². The number of Topliss-reactive ketones (excluding diaryl/α,β-unsaturated/α-hetero) is 1. The van der Waals surface area contributed by atoms with Crippen molar-refractivity contribution in [3.05, 3.63) is 70.8 Å². The number of methoxy groups -OCH3 is 1. The third-order valence-corrected chi connectivity index (χ3v) is 3.07. The Morgan fingerprint density at radius 2 is 1.68 bits per heavy atom. The molecule has 0 aliphatic rings. The number of rotatable bonds is 4. The molecule has 2 aromatic rings. The van der Waals surface area contributed by atoms with Crippen LogP contribution in [0.25, 0.3) is 6.08 Å². The van der Waals surface area contributed by atoms with E-state index in [0.717, 1.165) is 0 Å². The zero-order valence-corrected chi connectivity index (χ0v) is 11.9. The Balaban J connectivity index is 2.29. The first-order valence-corrected chi connectivity index (χ1v) is 6.48. The van der Waals surface area contributed by atoms with Gasteiger partial charge in [-0.25, -0.2) is 0 Å². The van der Waals surface area contributed by atoms with Gasteiger partial charge in [0, 0.05) is 5.56 Å². The maximum atomic E-state index is 12.3. The van der Waals surface area contributed by atoms with E-state index < -0.39 is 0 Å². The molecule has 2 rings (SSSR count). The Bertz CT molecular complexity index is 789. The molecule has 0 radical (unpaired) electrons. The molecule has 0 aromatic heterocycles. The number of hydrogen-bond donors (Lipinski definition) is 0. The van der Waals surface area contributed by atoms with Gasteiger partial charge in [-0.15, -0.1) is 0 Å². The maximum absolute atomic E-state index is 12.3. The van der Waals surface area contributed by atoms with E-state index in [2.05, 4.69) is 0 Å². The lowest BCUT2D eigenvalue weighted by atomic mass is 10.0. The van der Waals surface area contributed by atoms with Crippen LogP contribution in [0.2, 0.25) is 0 Å². The van der Waals surface area contributed by atoms with Crippen molar-refractivity contribution in [1.29, 1.82) is 10.5 Å². The molecule has 0 fully saturated rings. The average molecular weight is 288 g/mol. The second-order valence-corrected chi connectivity index (χ2v) is 4.46. The maximum Gasteiger partial charge on any atom is 0.203 e. The molecule has 106 valence electrons. The van der Waals surface area contributed by atoms with Crippen molar-refractivity contribution >= 4 is 11.9 Å². The van der Waals surface area contributed by atoms with Gasteiger partial charge in [-0.05, 0) is 48.0 Å². The molecule has 2 aromatic carbocycles. The van der Waals surface area contributed by atoms with Crippen molar-refractivity contribution in [3.8, 4) is 17.9 Å². The number of ketones is 1.